The molecule has 4 heteroatoms. The third-order valence-corrected chi connectivity index (χ3v) is 3.37. The van der Waals surface area contributed by atoms with E-state index in [-0.39, 0.29) is 18.4 Å². The summed E-state index contributed by atoms with van der Waals surface area (Å²) in [6.45, 7) is 3.90. The van der Waals surface area contributed by atoms with Gasteiger partial charge in [-0.1, -0.05) is 36.4 Å². The normalized spacial score (nSPS) is 17.6. The lowest BCUT2D eigenvalue weighted by molar-refractivity contribution is -0.116. The highest BCUT2D eigenvalue weighted by molar-refractivity contribution is 5.92. The number of hydrogen-bond acceptors (Lipinski definition) is 3. The Labute approximate surface area is 124 Å². The summed E-state index contributed by atoms with van der Waals surface area (Å²) < 4.78 is 5.31. The average Bonchev–Trinajstić information content (AvgIpc) is 2.51. The highest BCUT2D eigenvalue weighted by Crippen LogP contribution is 2.19. The fraction of sp³-hybridized carbons (Fsp3) is 0.294. The molecule has 1 aliphatic rings. The molecule has 1 heterocycles. The molecule has 1 atom stereocenters. The first kappa shape index (κ1) is 15.0. The van der Waals surface area contributed by atoms with Gasteiger partial charge < -0.3 is 4.74 Å². The van der Waals surface area contributed by atoms with Crippen LogP contribution in [-0.2, 0) is 16.1 Å². The Morgan fingerprint density at radius 3 is 2.86 bits per heavy atom. The quantitative estimate of drug-likeness (QED) is 0.778. The van der Waals surface area contributed by atoms with Crippen LogP contribution < -0.4 is 0 Å². The van der Waals surface area contributed by atoms with Crippen LogP contribution in [0.3, 0.4) is 0 Å². The highest BCUT2D eigenvalue weighted by atomic mass is 16.6. The van der Waals surface area contributed by atoms with Gasteiger partial charge in [-0.05, 0) is 24.5 Å². The van der Waals surface area contributed by atoms with Crippen molar-refractivity contribution in [1.82, 2.24) is 4.90 Å². The van der Waals surface area contributed by atoms with Gasteiger partial charge in [0.15, 0.2) is 5.78 Å². The van der Waals surface area contributed by atoms with E-state index in [1.165, 1.54) is 17.2 Å². The van der Waals surface area contributed by atoms with E-state index in [1.807, 2.05) is 30.3 Å². The standard InChI is InChI=1S/C17H19NO3/c1-2-3-9-15-12-16(19)10-11-18(15)17(20)21-13-14-7-5-4-6-8-14/h2,4-8,10-11,15H,1,3,9,12-13H2/t15-/m0/s1. The Balaban J connectivity index is 1.96. The van der Waals surface area contributed by atoms with Crippen LogP contribution in [0, 0.1) is 0 Å². The lowest BCUT2D eigenvalue weighted by Crippen LogP contribution is -2.40. The maximum absolute atomic E-state index is 12.2. The summed E-state index contributed by atoms with van der Waals surface area (Å²) in [6, 6.07) is 9.36. The third kappa shape index (κ3) is 4.31. The summed E-state index contributed by atoms with van der Waals surface area (Å²) in [5.41, 5.74) is 0.936. The number of nitrogens with zero attached hydrogens (tertiary/aromatic N) is 1. The Kier molecular flexibility index (Phi) is 5.32. The van der Waals surface area contributed by atoms with E-state index in [9.17, 15) is 9.59 Å². The van der Waals surface area contributed by atoms with Gasteiger partial charge in [0.1, 0.15) is 6.61 Å². The van der Waals surface area contributed by atoms with E-state index in [0.717, 1.165) is 12.0 Å². The van der Waals surface area contributed by atoms with Gasteiger partial charge in [-0.2, -0.15) is 0 Å². The van der Waals surface area contributed by atoms with Crippen LogP contribution in [0.25, 0.3) is 0 Å². The molecule has 0 spiro atoms. The summed E-state index contributed by atoms with van der Waals surface area (Å²) in [7, 11) is 0. The molecule has 1 aromatic carbocycles. The van der Waals surface area contributed by atoms with Crippen LogP contribution >= 0.6 is 0 Å². The lowest BCUT2D eigenvalue weighted by Gasteiger charge is -2.30. The van der Waals surface area contributed by atoms with Gasteiger partial charge in [0.05, 0.1) is 0 Å². The molecule has 0 aromatic heterocycles. The van der Waals surface area contributed by atoms with Crippen LogP contribution in [0.1, 0.15) is 24.8 Å². The monoisotopic (exact) mass is 285 g/mol. The van der Waals surface area contributed by atoms with Crippen LogP contribution in [-0.4, -0.2) is 22.8 Å². The first-order valence-electron chi connectivity index (χ1n) is 7.01. The van der Waals surface area contributed by atoms with Crippen molar-refractivity contribution in [3.8, 4) is 0 Å². The zero-order valence-electron chi connectivity index (χ0n) is 11.9. The van der Waals surface area contributed by atoms with Crippen LogP contribution in [0.4, 0.5) is 4.79 Å². The molecule has 0 N–H and O–H groups in total. The lowest BCUT2D eigenvalue weighted by atomic mass is 10.0. The topological polar surface area (TPSA) is 46.6 Å². The second-order valence-electron chi connectivity index (χ2n) is 4.95. The molecule has 4 nitrogen and oxygen atoms in total. The second-order valence-corrected chi connectivity index (χ2v) is 4.95. The fourth-order valence-corrected chi connectivity index (χ4v) is 2.24. The molecule has 0 bridgehead atoms. The molecule has 0 unspecified atom stereocenters. The van der Waals surface area contributed by atoms with Crippen molar-refractivity contribution in [3.63, 3.8) is 0 Å². The number of ether oxygens (including phenoxy) is 1. The first-order chi connectivity index (χ1) is 10.2. The minimum Gasteiger partial charge on any atom is -0.444 e. The summed E-state index contributed by atoms with van der Waals surface area (Å²) >= 11 is 0. The van der Waals surface area contributed by atoms with Crippen LogP contribution in [0.15, 0.2) is 55.3 Å². The largest absolute Gasteiger partial charge is 0.444 e. The third-order valence-electron chi connectivity index (χ3n) is 3.37. The molecule has 0 saturated carbocycles. The summed E-state index contributed by atoms with van der Waals surface area (Å²) in [5.74, 6) is 0.0381. The molecule has 0 aliphatic carbocycles. The van der Waals surface area contributed by atoms with Gasteiger partial charge >= 0.3 is 6.09 Å². The van der Waals surface area contributed by atoms with Crippen molar-refractivity contribution < 1.29 is 14.3 Å². The van der Waals surface area contributed by atoms with Crippen molar-refractivity contribution in [3.05, 3.63) is 60.8 Å². The van der Waals surface area contributed by atoms with Gasteiger partial charge in [-0.3, -0.25) is 9.69 Å². The van der Waals surface area contributed by atoms with E-state index in [4.69, 9.17) is 4.74 Å². The van der Waals surface area contributed by atoms with Gasteiger partial charge in [0, 0.05) is 18.7 Å². The van der Waals surface area contributed by atoms with Crippen molar-refractivity contribution in [1.29, 1.82) is 0 Å². The molecule has 21 heavy (non-hydrogen) atoms. The van der Waals surface area contributed by atoms with Gasteiger partial charge in [-0.15, -0.1) is 6.58 Å². The molecule has 1 aromatic rings. The maximum atomic E-state index is 12.2. The number of amides is 1. The van der Waals surface area contributed by atoms with E-state index in [2.05, 4.69) is 6.58 Å². The molecule has 2 rings (SSSR count). The fourth-order valence-electron chi connectivity index (χ4n) is 2.24. The molecular formula is C17H19NO3. The number of carbonyl (C=O) groups excluding carboxylic acids is 2. The average molecular weight is 285 g/mol. The zero-order chi connectivity index (χ0) is 15.1. The number of benzene rings is 1. The summed E-state index contributed by atoms with van der Waals surface area (Å²) in [5, 5.41) is 0. The Bertz CT molecular complexity index is 536. The number of hydrogen-bond donors (Lipinski definition) is 0. The van der Waals surface area contributed by atoms with Crippen molar-refractivity contribution in [2.45, 2.75) is 31.9 Å². The smallest absolute Gasteiger partial charge is 0.414 e. The predicted molar refractivity (Wildman–Crippen MR) is 80.4 cm³/mol. The number of ketones is 1. The molecule has 1 amide bonds. The predicted octanol–water partition coefficient (Wildman–Crippen LogP) is 3.45. The molecule has 0 radical (unpaired) electrons. The van der Waals surface area contributed by atoms with E-state index < -0.39 is 6.09 Å². The van der Waals surface area contributed by atoms with E-state index in [1.54, 1.807) is 6.08 Å². The van der Waals surface area contributed by atoms with Crippen molar-refractivity contribution >= 4 is 11.9 Å². The highest BCUT2D eigenvalue weighted by Gasteiger charge is 2.27. The molecule has 1 aliphatic heterocycles. The summed E-state index contributed by atoms with van der Waals surface area (Å²) in [4.78, 5) is 25.2. The zero-order valence-corrected chi connectivity index (χ0v) is 11.9. The van der Waals surface area contributed by atoms with Gasteiger partial charge in [0.25, 0.3) is 0 Å². The van der Waals surface area contributed by atoms with Gasteiger partial charge in [0.2, 0.25) is 0 Å². The van der Waals surface area contributed by atoms with E-state index >= 15 is 0 Å². The minimum absolute atomic E-state index is 0.0381. The molecule has 0 saturated heterocycles. The summed E-state index contributed by atoms with van der Waals surface area (Å²) in [6.07, 6.45) is 6.12. The van der Waals surface area contributed by atoms with Crippen LogP contribution in [0.2, 0.25) is 0 Å². The molecular weight excluding hydrogens is 266 g/mol. The Morgan fingerprint density at radius 2 is 2.14 bits per heavy atom. The number of allylic oxidation sites excluding steroid dienone is 2. The van der Waals surface area contributed by atoms with Crippen LogP contribution in [0.5, 0.6) is 0 Å². The van der Waals surface area contributed by atoms with Crippen molar-refractivity contribution in [2.24, 2.45) is 0 Å². The Hall–Kier alpha value is -2.36. The van der Waals surface area contributed by atoms with Gasteiger partial charge in [-0.25, -0.2) is 4.79 Å². The van der Waals surface area contributed by atoms with Crippen molar-refractivity contribution in [2.75, 3.05) is 0 Å². The number of rotatable bonds is 5. The SMILES string of the molecule is C=CCC[C@H]1CC(=O)C=CN1C(=O)OCc1ccccc1. The Morgan fingerprint density at radius 1 is 1.38 bits per heavy atom. The molecule has 0 fully saturated rings. The van der Waals surface area contributed by atoms with E-state index in [0.29, 0.717) is 12.8 Å². The molecule has 110 valence electrons. The second kappa shape index (κ2) is 7.43. The maximum Gasteiger partial charge on any atom is 0.414 e. The number of carbonyl (C=O) groups is 2. The minimum atomic E-state index is -0.420. The first-order valence-corrected chi connectivity index (χ1v) is 7.01.